The molecule has 0 aromatic heterocycles. The molecule has 0 aliphatic rings. The lowest BCUT2D eigenvalue weighted by atomic mass is 10.1. The van der Waals surface area contributed by atoms with Crippen molar-refractivity contribution in [2.45, 2.75) is 20.8 Å². The third-order valence-electron chi connectivity index (χ3n) is 5.23. The molecular formula is C27H28N4O5. The van der Waals surface area contributed by atoms with Crippen LogP contribution in [0, 0.1) is 20.8 Å². The largest absolute Gasteiger partial charge is 0.493 e. The molecule has 0 bridgehead atoms. The molecule has 186 valence electrons. The van der Waals surface area contributed by atoms with E-state index in [4.69, 9.17) is 9.47 Å². The van der Waals surface area contributed by atoms with Gasteiger partial charge in [-0.1, -0.05) is 23.8 Å². The number of anilines is 2. The fourth-order valence-corrected chi connectivity index (χ4v) is 3.08. The van der Waals surface area contributed by atoms with Gasteiger partial charge in [0.15, 0.2) is 18.1 Å². The monoisotopic (exact) mass is 488 g/mol. The van der Waals surface area contributed by atoms with Gasteiger partial charge in [0.05, 0.1) is 13.3 Å². The number of nitrogens with zero attached hydrogens (tertiary/aromatic N) is 1. The Morgan fingerprint density at radius 1 is 0.806 bits per heavy atom. The lowest BCUT2D eigenvalue weighted by Gasteiger charge is -2.12. The summed E-state index contributed by atoms with van der Waals surface area (Å²) in [5.41, 5.74) is 7.22. The average Bonchev–Trinajstić information content (AvgIpc) is 2.86. The molecule has 0 unspecified atom stereocenters. The van der Waals surface area contributed by atoms with Crippen LogP contribution in [0.25, 0.3) is 0 Å². The zero-order chi connectivity index (χ0) is 26.1. The molecule has 0 fully saturated rings. The van der Waals surface area contributed by atoms with E-state index in [1.807, 2.05) is 51.1 Å². The van der Waals surface area contributed by atoms with Gasteiger partial charge in [-0.3, -0.25) is 14.4 Å². The van der Waals surface area contributed by atoms with Crippen molar-refractivity contribution in [1.29, 1.82) is 0 Å². The Labute approximate surface area is 209 Å². The zero-order valence-electron chi connectivity index (χ0n) is 20.5. The fraction of sp³-hybridized carbons (Fsp3) is 0.185. The Kier molecular flexibility index (Phi) is 8.77. The van der Waals surface area contributed by atoms with E-state index < -0.39 is 11.8 Å². The summed E-state index contributed by atoms with van der Waals surface area (Å²) in [5, 5.41) is 9.10. The molecule has 0 spiro atoms. The van der Waals surface area contributed by atoms with E-state index in [2.05, 4.69) is 21.2 Å². The van der Waals surface area contributed by atoms with E-state index in [0.29, 0.717) is 28.4 Å². The summed E-state index contributed by atoms with van der Waals surface area (Å²) in [6.07, 6.45) is 1.36. The molecule has 3 amide bonds. The Morgan fingerprint density at radius 2 is 1.53 bits per heavy atom. The van der Waals surface area contributed by atoms with Crippen LogP contribution in [-0.2, 0) is 14.4 Å². The minimum absolute atomic E-state index is 0.205. The third kappa shape index (κ3) is 7.42. The fourth-order valence-electron chi connectivity index (χ4n) is 3.08. The van der Waals surface area contributed by atoms with E-state index in [1.54, 1.807) is 30.3 Å². The van der Waals surface area contributed by atoms with Crippen molar-refractivity contribution in [1.82, 2.24) is 5.43 Å². The molecular weight excluding hydrogens is 460 g/mol. The predicted molar refractivity (Wildman–Crippen MR) is 139 cm³/mol. The van der Waals surface area contributed by atoms with Crippen molar-refractivity contribution in [3.8, 4) is 11.5 Å². The first-order valence-corrected chi connectivity index (χ1v) is 11.1. The van der Waals surface area contributed by atoms with Gasteiger partial charge in [0.2, 0.25) is 0 Å². The number of nitrogens with one attached hydrogen (secondary N) is 3. The summed E-state index contributed by atoms with van der Waals surface area (Å²) in [6, 6.07) is 17.6. The van der Waals surface area contributed by atoms with Gasteiger partial charge in [-0.25, -0.2) is 5.43 Å². The molecule has 3 aromatic rings. The molecule has 9 heteroatoms. The molecule has 0 radical (unpaired) electrons. The number of carbonyl (C=O) groups is 3. The summed E-state index contributed by atoms with van der Waals surface area (Å²) in [5.74, 6) is -1.31. The van der Waals surface area contributed by atoms with Gasteiger partial charge in [0.1, 0.15) is 0 Å². The quantitative estimate of drug-likeness (QED) is 0.254. The summed E-state index contributed by atoms with van der Waals surface area (Å²) in [4.78, 5) is 36.2. The van der Waals surface area contributed by atoms with Crippen LogP contribution < -0.4 is 25.5 Å². The average molecular weight is 489 g/mol. The summed E-state index contributed by atoms with van der Waals surface area (Å²) in [7, 11) is 1.47. The van der Waals surface area contributed by atoms with Crippen molar-refractivity contribution < 1.29 is 23.9 Å². The number of aryl methyl sites for hydroxylation is 3. The van der Waals surface area contributed by atoms with Crippen molar-refractivity contribution in [2.75, 3.05) is 24.4 Å². The van der Waals surface area contributed by atoms with Crippen molar-refractivity contribution >= 4 is 35.3 Å². The predicted octanol–water partition coefficient (Wildman–Crippen LogP) is 3.73. The second-order valence-electron chi connectivity index (χ2n) is 8.07. The maximum atomic E-state index is 12.3. The van der Waals surface area contributed by atoms with E-state index >= 15 is 0 Å². The van der Waals surface area contributed by atoms with Crippen LogP contribution in [0.3, 0.4) is 0 Å². The van der Waals surface area contributed by atoms with E-state index in [1.165, 1.54) is 13.3 Å². The number of amides is 3. The number of rotatable bonds is 8. The maximum absolute atomic E-state index is 12.3. The Balaban J connectivity index is 1.52. The Hall–Kier alpha value is -4.66. The number of benzene rings is 3. The van der Waals surface area contributed by atoms with Gasteiger partial charge in [0.25, 0.3) is 5.91 Å². The molecule has 0 aliphatic carbocycles. The first-order chi connectivity index (χ1) is 17.2. The number of hydrogen-bond acceptors (Lipinski definition) is 6. The van der Waals surface area contributed by atoms with Gasteiger partial charge < -0.3 is 20.1 Å². The van der Waals surface area contributed by atoms with Crippen LogP contribution in [0.2, 0.25) is 0 Å². The second-order valence-corrected chi connectivity index (χ2v) is 8.07. The number of ether oxygens (including phenoxy) is 2. The summed E-state index contributed by atoms with van der Waals surface area (Å²) >= 11 is 0. The molecule has 0 saturated heterocycles. The highest BCUT2D eigenvalue weighted by Crippen LogP contribution is 2.27. The Morgan fingerprint density at radius 3 is 2.22 bits per heavy atom. The standard InChI is InChI=1S/C27H28N4O5/c1-17-5-9-21(10-6-17)30-26(33)27(34)31-28-15-20-8-12-23(24(14-20)35-4)36-16-25(32)29-22-11-7-18(2)19(3)13-22/h5-15H,16H2,1-4H3,(H,29,32)(H,30,33)(H,31,34)/b28-15-. The van der Waals surface area contributed by atoms with Crippen LogP contribution in [0.5, 0.6) is 11.5 Å². The number of hydrogen-bond donors (Lipinski definition) is 3. The highest BCUT2D eigenvalue weighted by atomic mass is 16.5. The van der Waals surface area contributed by atoms with Crippen LogP contribution in [-0.4, -0.2) is 37.7 Å². The minimum atomic E-state index is -0.909. The normalized spacial score (nSPS) is 10.6. The molecule has 3 N–H and O–H groups in total. The number of hydrazone groups is 1. The first kappa shape index (κ1) is 26.0. The highest BCUT2D eigenvalue weighted by Gasteiger charge is 2.13. The number of methoxy groups -OCH3 is 1. The topological polar surface area (TPSA) is 118 Å². The number of carbonyl (C=O) groups excluding carboxylic acids is 3. The maximum Gasteiger partial charge on any atom is 0.329 e. The second kappa shape index (κ2) is 12.2. The molecule has 0 aliphatic heterocycles. The smallest absolute Gasteiger partial charge is 0.329 e. The third-order valence-corrected chi connectivity index (χ3v) is 5.23. The Bertz CT molecular complexity index is 1290. The molecule has 0 atom stereocenters. The molecule has 3 rings (SSSR count). The molecule has 9 nitrogen and oxygen atoms in total. The van der Waals surface area contributed by atoms with Crippen LogP contribution in [0.1, 0.15) is 22.3 Å². The van der Waals surface area contributed by atoms with Crippen molar-refractivity contribution in [2.24, 2.45) is 5.10 Å². The minimum Gasteiger partial charge on any atom is -0.493 e. The SMILES string of the molecule is COc1cc(/C=N\NC(=O)C(=O)Nc2ccc(C)cc2)ccc1OCC(=O)Nc1ccc(C)c(C)c1. The lowest BCUT2D eigenvalue weighted by molar-refractivity contribution is -0.136. The molecule has 0 saturated carbocycles. The highest BCUT2D eigenvalue weighted by molar-refractivity contribution is 6.39. The van der Waals surface area contributed by atoms with Gasteiger partial charge in [-0.2, -0.15) is 5.10 Å². The van der Waals surface area contributed by atoms with Crippen LogP contribution in [0.15, 0.2) is 65.8 Å². The lowest BCUT2D eigenvalue weighted by Crippen LogP contribution is -2.32. The summed E-state index contributed by atoms with van der Waals surface area (Å²) < 4.78 is 10.9. The van der Waals surface area contributed by atoms with Crippen molar-refractivity contribution in [3.63, 3.8) is 0 Å². The summed E-state index contributed by atoms with van der Waals surface area (Å²) in [6.45, 7) is 5.69. The van der Waals surface area contributed by atoms with E-state index in [-0.39, 0.29) is 12.5 Å². The van der Waals surface area contributed by atoms with E-state index in [9.17, 15) is 14.4 Å². The van der Waals surface area contributed by atoms with Gasteiger partial charge >= 0.3 is 11.8 Å². The van der Waals surface area contributed by atoms with Crippen LogP contribution >= 0.6 is 0 Å². The van der Waals surface area contributed by atoms with E-state index in [0.717, 1.165) is 16.7 Å². The molecule has 36 heavy (non-hydrogen) atoms. The van der Waals surface area contributed by atoms with Crippen molar-refractivity contribution in [3.05, 3.63) is 82.9 Å². The van der Waals surface area contributed by atoms with Gasteiger partial charge in [0, 0.05) is 11.4 Å². The zero-order valence-corrected chi connectivity index (χ0v) is 20.5. The first-order valence-electron chi connectivity index (χ1n) is 11.1. The molecule has 3 aromatic carbocycles. The van der Waals surface area contributed by atoms with Crippen LogP contribution in [0.4, 0.5) is 11.4 Å². The van der Waals surface area contributed by atoms with Gasteiger partial charge in [-0.15, -0.1) is 0 Å². The van der Waals surface area contributed by atoms with Gasteiger partial charge in [-0.05, 0) is 79.9 Å². The molecule has 0 heterocycles.